The SMILES string of the molecule is OCC1OC(OC2(CO)OC(CO)C(O)C2O)C(O)CC1O. The van der Waals surface area contributed by atoms with Crippen molar-refractivity contribution in [2.75, 3.05) is 19.8 Å². The van der Waals surface area contributed by atoms with Crippen LogP contribution in [0.15, 0.2) is 0 Å². The minimum atomic E-state index is -2.10. The molecule has 0 saturated carbocycles. The van der Waals surface area contributed by atoms with E-state index in [9.17, 15) is 25.5 Å². The predicted octanol–water partition coefficient (Wildman–Crippen LogP) is -4.37. The van der Waals surface area contributed by atoms with Gasteiger partial charge in [-0.2, -0.15) is 0 Å². The van der Waals surface area contributed by atoms with Gasteiger partial charge >= 0.3 is 0 Å². The molecular formula is C12H22O10. The Morgan fingerprint density at radius 2 is 1.59 bits per heavy atom. The summed E-state index contributed by atoms with van der Waals surface area (Å²) >= 11 is 0. The lowest BCUT2D eigenvalue weighted by Crippen LogP contribution is -2.57. The molecule has 0 bridgehead atoms. The average molecular weight is 326 g/mol. The molecule has 0 aromatic carbocycles. The highest BCUT2D eigenvalue weighted by Gasteiger charge is 2.57. The fourth-order valence-corrected chi connectivity index (χ4v) is 2.60. The zero-order valence-electron chi connectivity index (χ0n) is 11.7. The molecule has 0 amide bonds. The first-order valence-electron chi connectivity index (χ1n) is 6.94. The number of hydrogen-bond donors (Lipinski definition) is 7. The van der Waals surface area contributed by atoms with E-state index in [0.717, 1.165) is 0 Å². The van der Waals surface area contributed by atoms with Gasteiger partial charge in [-0.15, -0.1) is 0 Å². The summed E-state index contributed by atoms with van der Waals surface area (Å²) in [7, 11) is 0. The van der Waals surface area contributed by atoms with E-state index >= 15 is 0 Å². The number of hydrogen-bond acceptors (Lipinski definition) is 10. The maximum absolute atomic E-state index is 9.99. The topological polar surface area (TPSA) is 169 Å². The molecule has 0 aromatic heterocycles. The molecule has 0 aromatic rings. The van der Waals surface area contributed by atoms with Crippen LogP contribution in [0.25, 0.3) is 0 Å². The van der Waals surface area contributed by atoms with Crippen LogP contribution in [0.4, 0.5) is 0 Å². The Hall–Kier alpha value is -0.400. The van der Waals surface area contributed by atoms with Gasteiger partial charge in [-0.1, -0.05) is 0 Å². The monoisotopic (exact) mass is 326 g/mol. The summed E-state index contributed by atoms with van der Waals surface area (Å²) in [5.74, 6) is -2.10. The van der Waals surface area contributed by atoms with Crippen molar-refractivity contribution in [3.05, 3.63) is 0 Å². The van der Waals surface area contributed by atoms with Gasteiger partial charge in [-0.05, 0) is 0 Å². The molecule has 2 aliphatic rings. The van der Waals surface area contributed by atoms with Crippen LogP contribution in [-0.2, 0) is 14.2 Å². The summed E-state index contributed by atoms with van der Waals surface area (Å²) in [4.78, 5) is 0. The van der Waals surface area contributed by atoms with Crippen LogP contribution in [0.5, 0.6) is 0 Å². The summed E-state index contributed by atoms with van der Waals surface area (Å²) in [6.07, 6.45) is -9.35. The molecule has 22 heavy (non-hydrogen) atoms. The largest absolute Gasteiger partial charge is 0.394 e. The molecule has 10 nitrogen and oxygen atoms in total. The molecule has 2 saturated heterocycles. The van der Waals surface area contributed by atoms with Crippen LogP contribution in [-0.4, -0.2) is 104 Å². The van der Waals surface area contributed by atoms with E-state index in [4.69, 9.17) is 24.4 Å². The van der Waals surface area contributed by atoms with Crippen molar-refractivity contribution in [1.29, 1.82) is 0 Å². The van der Waals surface area contributed by atoms with Gasteiger partial charge in [0.15, 0.2) is 6.29 Å². The number of rotatable bonds is 5. The van der Waals surface area contributed by atoms with Crippen molar-refractivity contribution in [2.45, 2.75) is 55.1 Å². The molecule has 2 heterocycles. The van der Waals surface area contributed by atoms with Crippen LogP contribution in [0, 0.1) is 0 Å². The van der Waals surface area contributed by atoms with Gasteiger partial charge in [-0.25, -0.2) is 0 Å². The lowest BCUT2D eigenvalue weighted by molar-refractivity contribution is -0.372. The molecule has 10 heteroatoms. The Morgan fingerprint density at radius 3 is 2.09 bits per heavy atom. The van der Waals surface area contributed by atoms with Gasteiger partial charge < -0.3 is 50.0 Å². The molecule has 0 radical (unpaired) electrons. The first-order chi connectivity index (χ1) is 10.4. The molecule has 8 unspecified atom stereocenters. The molecule has 2 aliphatic heterocycles. The number of aliphatic hydroxyl groups is 7. The molecule has 0 aliphatic carbocycles. The van der Waals surface area contributed by atoms with E-state index < -0.39 is 68.5 Å². The van der Waals surface area contributed by atoms with E-state index in [2.05, 4.69) is 0 Å². The van der Waals surface area contributed by atoms with Crippen molar-refractivity contribution < 1.29 is 50.0 Å². The highest BCUT2D eigenvalue weighted by molar-refractivity contribution is 4.97. The van der Waals surface area contributed by atoms with Gasteiger partial charge in [0.25, 0.3) is 0 Å². The van der Waals surface area contributed by atoms with Crippen molar-refractivity contribution in [2.24, 2.45) is 0 Å². The van der Waals surface area contributed by atoms with E-state index in [1.807, 2.05) is 0 Å². The number of ether oxygens (including phenoxy) is 3. The zero-order valence-corrected chi connectivity index (χ0v) is 11.7. The first-order valence-corrected chi connectivity index (χ1v) is 6.94. The highest BCUT2D eigenvalue weighted by Crippen LogP contribution is 2.35. The Morgan fingerprint density at radius 1 is 0.955 bits per heavy atom. The standard InChI is InChI=1S/C12H22O10/c13-2-7-5(16)1-6(17)11(20-7)22-12(4-15)10(19)9(18)8(3-14)21-12/h5-11,13-19H,1-4H2. The fraction of sp³-hybridized carbons (Fsp3) is 1.00. The van der Waals surface area contributed by atoms with E-state index in [1.54, 1.807) is 0 Å². The lowest BCUT2D eigenvalue weighted by atomic mass is 10.0. The summed E-state index contributed by atoms with van der Waals surface area (Å²) in [5.41, 5.74) is 0. The average Bonchev–Trinajstić information content (AvgIpc) is 2.75. The van der Waals surface area contributed by atoms with Gasteiger partial charge in [0, 0.05) is 6.42 Å². The van der Waals surface area contributed by atoms with Crippen molar-refractivity contribution in [3.63, 3.8) is 0 Å². The minimum Gasteiger partial charge on any atom is -0.394 e. The lowest BCUT2D eigenvalue weighted by Gasteiger charge is -2.41. The molecule has 2 fully saturated rings. The van der Waals surface area contributed by atoms with E-state index in [1.165, 1.54) is 0 Å². The number of aliphatic hydroxyl groups excluding tert-OH is 7. The highest BCUT2D eigenvalue weighted by atomic mass is 16.8. The normalized spacial score (nSPS) is 49.5. The molecule has 130 valence electrons. The Bertz CT molecular complexity index is 368. The van der Waals surface area contributed by atoms with Crippen molar-refractivity contribution >= 4 is 0 Å². The zero-order chi connectivity index (χ0) is 16.5. The first kappa shape index (κ1) is 17.9. The van der Waals surface area contributed by atoms with Crippen molar-refractivity contribution in [3.8, 4) is 0 Å². The minimum absolute atomic E-state index is 0.153. The third-order valence-corrected chi connectivity index (χ3v) is 3.94. The van der Waals surface area contributed by atoms with Gasteiger partial charge in [0.1, 0.15) is 37.1 Å². The van der Waals surface area contributed by atoms with E-state index in [-0.39, 0.29) is 6.42 Å². The van der Waals surface area contributed by atoms with Gasteiger partial charge in [-0.3, -0.25) is 0 Å². The molecule has 0 spiro atoms. The second kappa shape index (κ2) is 7.01. The fourth-order valence-electron chi connectivity index (χ4n) is 2.60. The Kier molecular flexibility index (Phi) is 5.72. The molecule has 7 N–H and O–H groups in total. The second-order valence-corrected chi connectivity index (χ2v) is 5.46. The third kappa shape index (κ3) is 3.12. The maximum Gasteiger partial charge on any atom is 0.224 e. The van der Waals surface area contributed by atoms with Crippen LogP contribution in [0.3, 0.4) is 0 Å². The quantitative estimate of drug-likeness (QED) is 0.262. The summed E-state index contributed by atoms with van der Waals surface area (Å²) < 4.78 is 15.7. The Balaban J connectivity index is 2.12. The summed E-state index contributed by atoms with van der Waals surface area (Å²) in [6, 6.07) is 0. The van der Waals surface area contributed by atoms with Crippen LogP contribution < -0.4 is 0 Å². The van der Waals surface area contributed by atoms with Gasteiger partial charge in [0.2, 0.25) is 5.79 Å². The molecule has 8 atom stereocenters. The van der Waals surface area contributed by atoms with Crippen molar-refractivity contribution in [1.82, 2.24) is 0 Å². The Labute approximate surface area is 126 Å². The second-order valence-electron chi connectivity index (χ2n) is 5.46. The molecule has 2 rings (SSSR count). The van der Waals surface area contributed by atoms with Crippen LogP contribution >= 0.6 is 0 Å². The summed E-state index contributed by atoms with van der Waals surface area (Å²) in [5, 5.41) is 66.9. The van der Waals surface area contributed by atoms with E-state index in [0.29, 0.717) is 0 Å². The molecular weight excluding hydrogens is 304 g/mol. The smallest absolute Gasteiger partial charge is 0.224 e. The third-order valence-electron chi connectivity index (χ3n) is 3.94. The predicted molar refractivity (Wildman–Crippen MR) is 67.3 cm³/mol. The van der Waals surface area contributed by atoms with Crippen LogP contribution in [0.2, 0.25) is 0 Å². The summed E-state index contributed by atoms with van der Waals surface area (Å²) in [6.45, 7) is -2.01. The van der Waals surface area contributed by atoms with Crippen LogP contribution in [0.1, 0.15) is 6.42 Å². The maximum atomic E-state index is 9.99. The van der Waals surface area contributed by atoms with Gasteiger partial charge in [0.05, 0.1) is 19.3 Å².